The molecule has 0 fully saturated rings. The smallest absolute Gasteiger partial charge is 0.259 e. The number of amides is 2. The van der Waals surface area contributed by atoms with Gasteiger partial charge in [0, 0.05) is 10.0 Å². The molecule has 0 spiro atoms. The molecule has 0 aliphatic heterocycles. The van der Waals surface area contributed by atoms with Gasteiger partial charge in [-0.1, -0.05) is 64.5 Å². The molecule has 0 atom stereocenters. The summed E-state index contributed by atoms with van der Waals surface area (Å²) >= 11 is 3.37. The summed E-state index contributed by atoms with van der Waals surface area (Å²) in [6.07, 6.45) is 1.54. The third kappa shape index (κ3) is 4.55. The Kier molecular flexibility index (Phi) is 5.76. The lowest BCUT2D eigenvalue weighted by Crippen LogP contribution is -2.35. The first-order valence-electron chi connectivity index (χ1n) is 7.97. The van der Waals surface area contributed by atoms with E-state index in [-0.39, 0.29) is 12.5 Å². The summed E-state index contributed by atoms with van der Waals surface area (Å²) in [4.78, 5) is 24.2. The Morgan fingerprint density at radius 3 is 2.62 bits per heavy atom. The van der Waals surface area contributed by atoms with Crippen LogP contribution in [-0.4, -0.2) is 24.6 Å². The Bertz CT molecular complexity index is 980. The average Bonchev–Trinajstić information content (AvgIpc) is 2.66. The van der Waals surface area contributed by atoms with Crippen molar-refractivity contribution >= 4 is 44.7 Å². The van der Waals surface area contributed by atoms with Crippen LogP contribution in [0.1, 0.15) is 15.9 Å². The number of hydrogen-bond donors (Lipinski definition) is 2. The first-order valence-corrected chi connectivity index (χ1v) is 8.76. The normalized spacial score (nSPS) is 10.8. The Morgan fingerprint density at radius 2 is 1.77 bits per heavy atom. The molecule has 3 rings (SSSR count). The standard InChI is InChI=1S/C20H16BrN3O2/c21-16-8-3-5-14(11-16)12-23-24-19(25)13-22-20(26)18-10-4-7-15-6-1-2-9-17(15)18/h1-12H,13H2,(H,22,26)(H,24,25)/b23-12-. The summed E-state index contributed by atoms with van der Waals surface area (Å²) in [6, 6.07) is 20.6. The molecule has 0 radical (unpaired) electrons. The van der Waals surface area contributed by atoms with E-state index in [0.717, 1.165) is 20.8 Å². The molecule has 3 aromatic carbocycles. The number of nitrogens with zero attached hydrogens (tertiary/aromatic N) is 1. The lowest BCUT2D eigenvalue weighted by molar-refractivity contribution is -0.120. The summed E-state index contributed by atoms with van der Waals surface area (Å²) < 4.78 is 0.926. The molecular weight excluding hydrogens is 394 g/mol. The molecule has 5 nitrogen and oxygen atoms in total. The maximum absolute atomic E-state index is 12.4. The second kappa shape index (κ2) is 8.40. The minimum atomic E-state index is -0.398. The molecule has 0 heterocycles. The molecule has 3 aromatic rings. The molecule has 26 heavy (non-hydrogen) atoms. The molecule has 2 N–H and O–H groups in total. The van der Waals surface area contributed by atoms with E-state index in [1.54, 1.807) is 6.07 Å². The Labute approximate surface area is 159 Å². The monoisotopic (exact) mass is 409 g/mol. The van der Waals surface area contributed by atoms with Crippen molar-refractivity contribution in [3.05, 3.63) is 82.3 Å². The van der Waals surface area contributed by atoms with Gasteiger partial charge in [0.1, 0.15) is 0 Å². The Morgan fingerprint density at radius 1 is 1.00 bits per heavy atom. The van der Waals surface area contributed by atoms with E-state index in [0.29, 0.717) is 5.56 Å². The fourth-order valence-electron chi connectivity index (χ4n) is 2.48. The highest BCUT2D eigenvalue weighted by Crippen LogP contribution is 2.18. The van der Waals surface area contributed by atoms with Crippen molar-refractivity contribution in [1.82, 2.24) is 10.7 Å². The molecule has 0 saturated carbocycles. The van der Waals surface area contributed by atoms with Crippen LogP contribution >= 0.6 is 15.9 Å². The molecule has 130 valence electrons. The van der Waals surface area contributed by atoms with Gasteiger partial charge < -0.3 is 5.32 Å². The minimum absolute atomic E-state index is 0.155. The highest BCUT2D eigenvalue weighted by Gasteiger charge is 2.10. The molecule has 0 aliphatic rings. The number of benzene rings is 3. The van der Waals surface area contributed by atoms with Crippen molar-refractivity contribution in [2.24, 2.45) is 5.10 Å². The van der Waals surface area contributed by atoms with Crippen molar-refractivity contribution in [3.8, 4) is 0 Å². The maximum Gasteiger partial charge on any atom is 0.259 e. The molecule has 0 aliphatic carbocycles. The van der Waals surface area contributed by atoms with Crippen molar-refractivity contribution in [1.29, 1.82) is 0 Å². The van der Waals surface area contributed by atoms with E-state index < -0.39 is 5.91 Å². The van der Waals surface area contributed by atoms with Crippen molar-refractivity contribution in [3.63, 3.8) is 0 Å². The van der Waals surface area contributed by atoms with Gasteiger partial charge in [-0.05, 0) is 34.5 Å². The van der Waals surface area contributed by atoms with Crippen LogP contribution in [0.25, 0.3) is 10.8 Å². The number of hydrogen-bond acceptors (Lipinski definition) is 3. The van der Waals surface area contributed by atoms with Crippen LogP contribution in [0.5, 0.6) is 0 Å². The maximum atomic E-state index is 12.4. The second-order valence-electron chi connectivity index (χ2n) is 5.56. The van der Waals surface area contributed by atoms with Gasteiger partial charge in [0.15, 0.2) is 0 Å². The van der Waals surface area contributed by atoms with Gasteiger partial charge in [0.2, 0.25) is 0 Å². The highest BCUT2D eigenvalue weighted by atomic mass is 79.9. The van der Waals surface area contributed by atoms with Crippen molar-refractivity contribution in [2.45, 2.75) is 0 Å². The highest BCUT2D eigenvalue weighted by molar-refractivity contribution is 9.10. The van der Waals surface area contributed by atoms with E-state index in [1.807, 2.05) is 60.7 Å². The van der Waals surface area contributed by atoms with Crippen LogP contribution in [0.4, 0.5) is 0 Å². The Hall–Kier alpha value is -2.99. The topological polar surface area (TPSA) is 70.6 Å². The predicted molar refractivity (Wildman–Crippen MR) is 106 cm³/mol. The van der Waals surface area contributed by atoms with Crippen LogP contribution < -0.4 is 10.7 Å². The molecule has 0 saturated heterocycles. The zero-order valence-corrected chi connectivity index (χ0v) is 15.4. The molecule has 0 unspecified atom stereocenters. The quantitative estimate of drug-likeness (QED) is 0.500. The van der Waals surface area contributed by atoms with Gasteiger partial charge in [-0.15, -0.1) is 0 Å². The van der Waals surface area contributed by atoms with Crippen LogP contribution in [0.15, 0.2) is 76.3 Å². The van der Waals surface area contributed by atoms with Crippen molar-refractivity contribution < 1.29 is 9.59 Å². The van der Waals surface area contributed by atoms with Crippen molar-refractivity contribution in [2.75, 3.05) is 6.54 Å². The summed E-state index contributed by atoms with van der Waals surface area (Å²) in [7, 11) is 0. The van der Waals surface area contributed by atoms with E-state index in [9.17, 15) is 9.59 Å². The van der Waals surface area contributed by atoms with Gasteiger partial charge in [-0.3, -0.25) is 9.59 Å². The summed E-state index contributed by atoms with van der Waals surface area (Å²) in [5, 5.41) is 8.33. The van der Waals surface area contributed by atoms with E-state index >= 15 is 0 Å². The lowest BCUT2D eigenvalue weighted by Gasteiger charge is -2.07. The van der Waals surface area contributed by atoms with E-state index in [1.165, 1.54) is 6.21 Å². The second-order valence-corrected chi connectivity index (χ2v) is 6.47. The molecule has 6 heteroatoms. The third-order valence-corrected chi connectivity index (χ3v) is 4.19. The number of hydrazone groups is 1. The van der Waals surface area contributed by atoms with Crippen LogP contribution in [-0.2, 0) is 4.79 Å². The molecule has 0 bridgehead atoms. The number of rotatable bonds is 5. The number of carbonyl (C=O) groups excluding carboxylic acids is 2. The average molecular weight is 410 g/mol. The van der Waals surface area contributed by atoms with Crippen LogP contribution in [0, 0.1) is 0 Å². The zero-order valence-electron chi connectivity index (χ0n) is 13.8. The Balaban J connectivity index is 1.56. The fourth-order valence-corrected chi connectivity index (χ4v) is 2.90. The van der Waals surface area contributed by atoms with Crippen LogP contribution in [0.2, 0.25) is 0 Å². The van der Waals surface area contributed by atoms with Crippen LogP contribution in [0.3, 0.4) is 0 Å². The van der Waals surface area contributed by atoms with Gasteiger partial charge in [0.05, 0.1) is 12.8 Å². The lowest BCUT2D eigenvalue weighted by atomic mass is 10.0. The summed E-state index contributed by atoms with van der Waals surface area (Å²) in [5.74, 6) is -0.697. The number of nitrogens with one attached hydrogen (secondary N) is 2. The first-order chi connectivity index (χ1) is 12.6. The largest absolute Gasteiger partial charge is 0.343 e. The van der Waals surface area contributed by atoms with E-state index in [2.05, 4.69) is 31.8 Å². The number of halogens is 1. The predicted octanol–water partition coefficient (Wildman–Crippen LogP) is 3.48. The minimum Gasteiger partial charge on any atom is -0.343 e. The summed E-state index contributed by atoms with van der Waals surface area (Å²) in [5.41, 5.74) is 3.78. The van der Waals surface area contributed by atoms with Gasteiger partial charge in [-0.25, -0.2) is 5.43 Å². The molecular formula is C20H16BrN3O2. The third-order valence-electron chi connectivity index (χ3n) is 3.70. The fraction of sp³-hybridized carbons (Fsp3) is 0.0500. The SMILES string of the molecule is O=C(CNC(=O)c1cccc2ccccc12)N/N=C\c1cccc(Br)c1. The van der Waals surface area contributed by atoms with Gasteiger partial charge in [0.25, 0.3) is 11.8 Å². The molecule has 2 amide bonds. The van der Waals surface area contributed by atoms with Gasteiger partial charge in [-0.2, -0.15) is 5.10 Å². The molecule has 0 aromatic heterocycles. The first kappa shape index (κ1) is 17.8. The zero-order chi connectivity index (χ0) is 18.4. The van der Waals surface area contributed by atoms with Gasteiger partial charge >= 0.3 is 0 Å². The number of fused-ring (bicyclic) bond motifs is 1. The summed E-state index contributed by atoms with van der Waals surface area (Å²) in [6.45, 7) is -0.155. The van der Waals surface area contributed by atoms with E-state index in [4.69, 9.17) is 0 Å². The number of carbonyl (C=O) groups is 2.